The van der Waals surface area contributed by atoms with E-state index in [0.29, 0.717) is 23.4 Å². The number of carbonyl (C=O) groups excluding carboxylic acids is 1. The standard InChI is InChI=1S/C24H22N2O3S2/c1-16-11-12-19(31(28,29)26-22-9-5-3-7-17(22)2)13-21(16)24(27)25-14-18-15-30-23-10-6-4-8-20(18)23/h3-13,15,26H,14H2,1-2H3,(H,25,27). The van der Waals surface area contributed by atoms with Gasteiger partial charge in [-0.05, 0) is 65.6 Å². The van der Waals surface area contributed by atoms with E-state index in [-0.39, 0.29) is 10.8 Å². The zero-order chi connectivity index (χ0) is 22.0. The molecule has 0 spiro atoms. The van der Waals surface area contributed by atoms with Crippen LogP contribution < -0.4 is 10.0 Å². The van der Waals surface area contributed by atoms with Crippen molar-refractivity contribution >= 4 is 43.0 Å². The molecule has 158 valence electrons. The summed E-state index contributed by atoms with van der Waals surface area (Å²) in [7, 11) is -3.82. The van der Waals surface area contributed by atoms with Gasteiger partial charge in [0.2, 0.25) is 0 Å². The largest absolute Gasteiger partial charge is 0.348 e. The summed E-state index contributed by atoms with van der Waals surface area (Å²) in [4.78, 5) is 12.9. The molecule has 0 aliphatic heterocycles. The summed E-state index contributed by atoms with van der Waals surface area (Å²) >= 11 is 1.63. The maximum absolute atomic E-state index is 12.9. The molecule has 0 bridgehead atoms. The molecule has 7 heteroatoms. The average molecular weight is 451 g/mol. The highest BCUT2D eigenvalue weighted by molar-refractivity contribution is 7.92. The van der Waals surface area contributed by atoms with Crippen LogP contribution in [0.25, 0.3) is 10.1 Å². The zero-order valence-corrected chi connectivity index (χ0v) is 18.8. The highest BCUT2D eigenvalue weighted by Gasteiger charge is 2.19. The number of rotatable bonds is 6. The van der Waals surface area contributed by atoms with Crippen LogP contribution in [-0.2, 0) is 16.6 Å². The van der Waals surface area contributed by atoms with E-state index in [1.54, 1.807) is 36.5 Å². The lowest BCUT2D eigenvalue weighted by molar-refractivity contribution is 0.0950. The summed E-state index contributed by atoms with van der Waals surface area (Å²) in [5, 5.41) is 6.07. The van der Waals surface area contributed by atoms with Gasteiger partial charge in [0.15, 0.2) is 0 Å². The van der Waals surface area contributed by atoms with Gasteiger partial charge in [-0.2, -0.15) is 0 Å². The number of nitrogens with one attached hydrogen (secondary N) is 2. The molecule has 0 atom stereocenters. The fourth-order valence-corrected chi connectivity index (χ4v) is 5.46. The molecular formula is C24H22N2O3S2. The van der Waals surface area contributed by atoms with E-state index >= 15 is 0 Å². The van der Waals surface area contributed by atoms with E-state index in [1.165, 1.54) is 16.8 Å². The maximum atomic E-state index is 12.9. The van der Waals surface area contributed by atoms with E-state index in [9.17, 15) is 13.2 Å². The quantitative estimate of drug-likeness (QED) is 0.421. The normalized spacial score (nSPS) is 11.4. The Morgan fingerprint density at radius 3 is 2.48 bits per heavy atom. The second-order valence-corrected chi connectivity index (χ2v) is 9.93. The number of anilines is 1. The number of fused-ring (bicyclic) bond motifs is 1. The third-order valence-corrected chi connectivity index (χ3v) is 7.53. The van der Waals surface area contributed by atoms with E-state index in [0.717, 1.165) is 16.5 Å². The first kappa shape index (κ1) is 21.1. The molecule has 1 amide bonds. The Bertz CT molecular complexity index is 1370. The smallest absolute Gasteiger partial charge is 0.261 e. The van der Waals surface area contributed by atoms with E-state index in [1.807, 2.05) is 48.7 Å². The number of benzene rings is 3. The molecule has 0 aliphatic rings. The van der Waals surface area contributed by atoms with Gasteiger partial charge in [-0.3, -0.25) is 9.52 Å². The van der Waals surface area contributed by atoms with Crippen LogP contribution in [0.15, 0.2) is 77.0 Å². The van der Waals surface area contributed by atoms with Gasteiger partial charge < -0.3 is 5.32 Å². The highest BCUT2D eigenvalue weighted by atomic mass is 32.2. The maximum Gasteiger partial charge on any atom is 0.261 e. The van der Waals surface area contributed by atoms with Crippen molar-refractivity contribution in [3.63, 3.8) is 0 Å². The molecule has 0 fully saturated rings. The van der Waals surface area contributed by atoms with Gasteiger partial charge >= 0.3 is 0 Å². The third-order valence-electron chi connectivity index (χ3n) is 5.15. The summed E-state index contributed by atoms with van der Waals surface area (Å²) < 4.78 is 29.5. The first-order valence-corrected chi connectivity index (χ1v) is 12.1. The molecule has 5 nitrogen and oxygen atoms in total. The predicted molar refractivity (Wildman–Crippen MR) is 126 cm³/mol. The molecule has 31 heavy (non-hydrogen) atoms. The summed E-state index contributed by atoms with van der Waals surface area (Å²) in [6.07, 6.45) is 0. The van der Waals surface area contributed by atoms with Crippen LogP contribution in [0.4, 0.5) is 5.69 Å². The van der Waals surface area contributed by atoms with Gasteiger partial charge in [0.25, 0.3) is 15.9 Å². The second-order valence-electron chi connectivity index (χ2n) is 7.34. The van der Waals surface area contributed by atoms with Gasteiger partial charge in [0, 0.05) is 16.8 Å². The Morgan fingerprint density at radius 1 is 0.935 bits per heavy atom. The number of para-hydroxylation sites is 1. The summed E-state index contributed by atoms with van der Waals surface area (Å²) in [6.45, 7) is 4.00. The first-order valence-electron chi connectivity index (χ1n) is 9.77. The van der Waals surface area contributed by atoms with E-state index in [2.05, 4.69) is 10.0 Å². The Morgan fingerprint density at radius 2 is 1.68 bits per heavy atom. The topological polar surface area (TPSA) is 75.3 Å². The number of aryl methyl sites for hydroxylation is 2. The fraction of sp³-hybridized carbons (Fsp3) is 0.125. The first-order chi connectivity index (χ1) is 14.8. The van der Waals surface area contributed by atoms with Crippen LogP contribution in [0.1, 0.15) is 27.0 Å². The van der Waals surface area contributed by atoms with Gasteiger partial charge in [0.05, 0.1) is 10.6 Å². The molecule has 0 aliphatic carbocycles. The zero-order valence-electron chi connectivity index (χ0n) is 17.2. The summed E-state index contributed by atoms with van der Waals surface area (Å²) in [5.74, 6) is -0.305. The molecule has 1 heterocycles. The number of sulfonamides is 1. The number of carbonyl (C=O) groups is 1. The van der Waals surface area contributed by atoms with Crippen LogP contribution in [0.3, 0.4) is 0 Å². The molecule has 3 aromatic carbocycles. The lowest BCUT2D eigenvalue weighted by Crippen LogP contribution is -2.24. The van der Waals surface area contributed by atoms with Crippen LogP contribution in [0.5, 0.6) is 0 Å². The fourth-order valence-electron chi connectivity index (χ4n) is 3.34. The summed E-state index contributed by atoms with van der Waals surface area (Å²) in [6, 6.07) is 19.8. The predicted octanol–water partition coefficient (Wildman–Crippen LogP) is 5.25. The lowest BCUT2D eigenvalue weighted by atomic mass is 10.1. The third kappa shape index (κ3) is 4.47. The number of hydrogen-bond acceptors (Lipinski definition) is 4. The van der Waals surface area contributed by atoms with Crippen molar-refractivity contribution in [2.24, 2.45) is 0 Å². The minimum atomic E-state index is -3.82. The van der Waals surface area contributed by atoms with Crippen molar-refractivity contribution < 1.29 is 13.2 Å². The van der Waals surface area contributed by atoms with Crippen molar-refractivity contribution in [1.82, 2.24) is 5.32 Å². The van der Waals surface area contributed by atoms with Crippen LogP contribution in [0, 0.1) is 13.8 Å². The minimum absolute atomic E-state index is 0.0486. The van der Waals surface area contributed by atoms with Crippen molar-refractivity contribution in [3.05, 3.63) is 94.4 Å². The van der Waals surface area contributed by atoms with E-state index < -0.39 is 10.0 Å². The second kappa shape index (κ2) is 8.53. The Hall–Kier alpha value is -3.16. The number of thiophene rings is 1. The van der Waals surface area contributed by atoms with Crippen molar-refractivity contribution in [2.45, 2.75) is 25.3 Å². The SMILES string of the molecule is Cc1ccccc1NS(=O)(=O)c1ccc(C)c(C(=O)NCc2csc3ccccc23)c1. The number of amides is 1. The number of hydrogen-bond donors (Lipinski definition) is 2. The molecule has 0 unspecified atom stereocenters. The average Bonchev–Trinajstić information content (AvgIpc) is 3.17. The van der Waals surface area contributed by atoms with Crippen LogP contribution >= 0.6 is 11.3 Å². The molecular weight excluding hydrogens is 428 g/mol. The Labute approximate surface area is 185 Å². The molecule has 4 rings (SSSR count). The molecule has 0 saturated carbocycles. The van der Waals surface area contributed by atoms with Gasteiger partial charge in [0.1, 0.15) is 0 Å². The summed E-state index contributed by atoms with van der Waals surface area (Å²) in [5.41, 5.74) is 3.42. The van der Waals surface area contributed by atoms with Crippen LogP contribution in [-0.4, -0.2) is 14.3 Å². The highest BCUT2D eigenvalue weighted by Crippen LogP contribution is 2.26. The Balaban J connectivity index is 1.55. The Kier molecular flexibility index (Phi) is 5.80. The van der Waals surface area contributed by atoms with Crippen molar-refractivity contribution in [3.8, 4) is 0 Å². The van der Waals surface area contributed by atoms with Crippen LogP contribution in [0.2, 0.25) is 0 Å². The molecule has 4 aromatic rings. The van der Waals surface area contributed by atoms with Gasteiger partial charge in [-0.25, -0.2) is 8.42 Å². The van der Waals surface area contributed by atoms with Crippen molar-refractivity contribution in [1.29, 1.82) is 0 Å². The van der Waals surface area contributed by atoms with Crippen molar-refractivity contribution in [2.75, 3.05) is 4.72 Å². The molecule has 1 aromatic heterocycles. The molecule has 0 radical (unpaired) electrons. The lowest BCUT2D eigenvalue weighted by Gasteiger charge is -2.13. The van der Waals surface area contributed by atoms with E-state index in [4.69, 9.17) is 0 Å². The molecule has 0 saturated heterocycles. The molecule has 2 N–H and O–H groups in total. The minimum Gasteiger partial charge on any atom is -0.348 e. The van der Waals surface area contributed by atoms with Gasteiger partial charge in [-0.1, -0.05) is 42.5 Å². The van der Waals surface area contributed by atoms with Gasteiger partial charge in [-0.15, -0.1) is 11.3 Å². The monoisotopic (exact) mass is 450 g/mol.